The standard InChI is InChI=1S/C13H22N2O2/c1-13(2)12(17)14-10(11(16)15(13)3)9-7-5-4-6-8-9/h9-10H,4-8H2,1-3H3,(H,14,17). The van der Waals surface area contributed by atoms with Crippen molar-refractivity contribution in [2.24, 2.45) is 5.92 Å². The SMILES string of the molecule is CN1C(=O)C(C2CCCCC2)NC(=O)C1(C)C. The van der Waals surface area contributed by atoms with E-state index >= 15 is 0 Å². The molecule has 0 aromatic rings. The lowest BCUT2D eigenvalue weighted by molar-refractivity contribution is -0.155. The molecule has 1 N–H and O–H groups in total. The number of hydrogen-bond donors (Lipinski definition) is 1. The molecule has 1 unspecified atom stereocenters. The predicted octanol–water partition coefficient (Wildman–Crippen LogP) is 1.30. The second kappa shape index (κ2) is 4.31. The fraction of sp³-hybridized carbons (Fsp3) is 0.846. The first-order valence-electron chi connectivity index (χ1n) is 6.53. The van der Waals surface area contributed by atoms with Crippen LogP contribution in [0.5, 0.6) is 0 Å². The molecule has 1 aliphatic carbocycles. The lowest BCUT2D eigenvalue weighted by atomic mass is 9.81. The molecular weight excluding hydrogens is 216 g/mol. The zero-order valence-electron chi connectivity index (χ0n) is 11.0. The molecule has 0 bridgehead atoms. The van der Waals surface area contributed by atoms with Crippen molar-refractivity contribution in [3.63, 3.8) is 0 Å². The van der Waals surface area contributed by atoms with Crippen LogP contribution in [0.2, 0.25) is 0 Å². The third-order valence-electron chi connectivity index (χ3n) is 4.40. The van der Waals surface area contributed by atoms with Gasteiger partial charge in [-0.1, -0.05) is 19.3 Å². The molecule has 1 aliphatic heterocycles. The van der Waals surface area contributed by atoms with Crippen molar-refractivity contribution in [1.29, 1.82) is 0 Å². The fourth-order valence-electron chi connectivity index (χ4n) is 2.80. The van der Waals surface area contributed by atoms with Gasteiger partial charge in [0, 0.05) is 7.05 Å². The van der Waals surface area contributed by atoms with Crippen LogP contribution in [0.4, 0.5) is 0 Å². The minimum Gasteiger partial charge on any atom is -0.342 e. The molecule has 0 spiro atoms. The number of likely N-dealkylation sites (N-methyl/N-ethyl adjacent to an activating group) is 1. The maximum Gasteiger partial charge on any atom is 0.246 e. The van der Waals surface area contributed by atoms with Crippen LogP contribution in [0.1, 0.15) is 46.0 Å². The summed E-state index contributed by atoms with van der Waals surface area (Å²) in [5, 5.41) is 2.93. The molecule has 0 aromatic carbocycles. The van der Waals surface area contributed by atoms with Gasteiger partial charge in [-0.2, -0.15) is 0 Å². The Labute approximate surface area is 103 Å². The van der Waals surface area contributed by atoms with Crippen molar-refractivity contribution in [3.05, 3.63) is 0 Å². The Morgan fingerprint density at radius 1 is 1.18 bits per heavy atom. The van der Waals surface area contributed by atoms with E-state index in [1.165, 1.54) is 19.3 Å². The van der Waals surface area contributed by atoms with Gasteiger partial charge in [0.25, 0.3) is 0 Å². The van der Waals surface area contributed by atoms with Crippen LogP contribution in [-0.2, 0) is 9.59 Å². The van der Waals surface area contributed by atoms with Crippen LogP contribution in [0.25, 0.3) is 0 Å². The number of rotatable bonds is 1. The summed E-state index contributed by atoms with van der Waals surface area (Å²) in [6, 6.07) is -0.291. The molecule has 2 rings (SSSR count). The molecule has 4 heteroatoms. The van der Waals surface area contributed by atoms with Crippen LogP contribution in [0.15, 0.2) is 0 Å². The Morgan fingerprint density at radius 3 is 2.35 bits per heavy atom. The molecule has 2 fully saturated rings. The minimum absolute atomic E-state index is 0.0322. The first-order valence-corrected chi connectivity index (χ1v) is 6.53. The van der Waals surface area contributed by atoms with Gasteiger partial charge in [-0.25, -0.2) is 0 Å². The molecule has 96 valence electrons. The van der Waals surface area contributed by atoms with E-state index in [1.54, 1.807) is 25.8 Å². The number of carbonyl (C=O) groups is 2. The number of amides is 2. The Kier molecular flexibility index (Phi) is 3.15. The highest BCUT2D eigenvalue weighted by Gasteiger charge is 2.46. The molecule has 4 nitrogen and oxygen atoms in total. The van der Waals surface area contributed by atoms with Crippen molar-refractivity contribution in [1.82, 2.24) is 10.2 Å². The van der Waals surface area contributed by atoms with Gasteiger partial charge in [0.2, 0.25) is 11.8 Å². The molecule has 1 saturated heterocycles. The van der Waals surface area contributed by atoms with Gasteiger partial charge in [0.1, 0.15) is 11.6 Å². The topological polar surface area (TPSA) is 49.4 Å². The summed E-state index contributed by atoms with van der Waals surface area (Å²) in [5.74, 6) is 0.371. The van der Waals surface area contributed by atoms with Gasteiger partial charge in [-0.3, -0.25) is 9.59 Å². The van der Waals surface area contributed by atoms with Gasteiger partial charge >= 0.3 is 0 Å². The highest BCUT2D eigenvalue weighted by molar-refractivity contribution is 5.99. The second-order valence-corrected chi connectivity index (χ2v) is 5.81. The average molecular weight is 238 g/mol. The molecule has 1 saturated carbocycles. The molecule has 17 heavy (non-hydrogen) atoms. The van der Waals surface area contributed by atoms with E-state index in [2.05, 4.69) is 5.32 Å². The van der Waals surface area contributed by atoms with Crippen molar-refractivity contribution >= 4 is 11.8 Å². The number of carbonyl (C=O) groups excluding carboxylic acids is 2. The second-order valence-electron chi connectivity index (χ2n) is 5.81. The van der Waals surface area contributed by atoms with Gasteiger partial charge in [0.15, 0.2) is 0 Å². The summed E-state index contributed by atoms with van der Waals surface area (Å²) in [4.78, 5) is 25.9. The predicted molar refractivity (Wildman–Crippen MR) is 65.4 cm³/mol. The maximum absolute atomic E-state index is 12.3. The van der Waals surface area contributed by atoms with Crippen LogP contribution >= 0.6 is 0 Å². The number of hydrogen-bond acceptors (Lipinski definition) is 2. The highest BCUT2D eigenvalue weighted by Crippen LogP contribution is 2.30. The Hall–Kier alpha value is -1.06. The molecule has 1 atom stereocenters. The number of nitrogens with one attached hydrogen (secondary N) is 1. The summed E-state index contributed by atoms with van der Waals surface area (Å²) in [5.41, 5.74) is -0.720. The van der Waals surface area contributed by atoms with Crippen LogP contribution in [0.3, 0.4) is 0 Å². The van der Waals surface area contributed by atoms with E-state index in [-0.39, 0.29) is 17.9 Å². The van der Waals surface area contributed by atoms with E-state index in [4.69, 9.17) is 0 Å². The summed E-state index contributed by atoms with van der Waals surface area (Å²) < 4.78 is 0. The van der Waals surface area contributed by atoms with E-state index in [0.29, 0.717) is 5.92 Å². The van der Waals surface area contributed by atoms with Gasteiger partial charge in [0.05, 0.1) is 0 Å². The van der Waals surface area contributed by atoms with Crippen molar-refractivity contribution in [2.45, 2.75) is 57.5 Å². The monoisotopic (exact) mass is 238 g/mol. The van der Waals surface area contributed by atoms with Crippen molar-refractivity contribution in [3.8, 4) is 0 Å². The molecular formula is C13H22N2O2. The zero-order valence-corrected chi connectivity index (χ0v) is 11.0. The van der Waals surface area contributed by atoms with Crippen molar-refractivity contribution < 1.29 is 9.59 Å². The van der Waals surface area contributed by atoms with Gasteiger partial charge in [-0.05, 0) is 32.6 Å². The summed E-state index contributed by atoms with van der Waals surface area (Å²) in [7, 11) is 1.73. The minimum atomic E-state index is -0.720. The first kappa shape index (κ1) is 12.4. The maximum atomic E-state index is 12.3. The summed E-state index contributed by atoms with van der Waals surface area (Å²) in [6.07, 6.45) is 5.73. The Morgan fingerprint density at radius 2 is 1.76 bits per heavy atom. The quantitative estimate of drug-likeness (QED) is 0.748. The third-order valence-corrected chi connectivity index (χ3v) is 4.40. The van der Waals surface area contributed by atoms with Gasteiger partial charge in [-0.15, -0.1) is 0 Å². The van der Waals surface area contributed by atoms with E-state index in [1.807, 2.05) is 0 Å². The molecule has 0 radical (unpaired) electrons. The van der Waals surface area contributed by atoms with Crippen LogP contribution in [-0.4, -0.2) is 35.3 Å². The largest absolute Gasteiger partial charge is 0.342 e. The third kappa shape index (κ3) is 2.05. The first-order chi connectivity index (χ1) is 7.94. The average Bonchev–Trinajstić information content (AvgIpc) is 2.33. The normalized spacial score (nSPS) is 30.3. The van der Waals surface area contributed by atoms with Crippen molar-refractivity contribution in [2.75, 3.05) is 7.05 Å². The highest BCUT2D eigenvalue weighted by atomic mass is 16.2. The Balaban J connectivity index is 2.15. The van der Waals surface area contributed by atoms with E-state index < -0.39 is 5.54 Å². The van der Waals surface area contributed by atoms with E-state index in [9.17, 15) is 9.59 Å². The smallest absolute Gasteiger partial charge is 0.246 e. The van der Waals surface area contributed by atoms with E-state index in [0.717, 1.165) is 12.8 Å². The molecule has 0 aromatic heterocycles. The van der Waals surface area contributed by atoms with Gasteiger partial charge < -0.3 is 10.2 Å². The molecule has 2 amide bonds. The number of piperazine rings is 1. The fourth-order valence-corrected chi connectivity index (χ4v) is 2.80. The summed E-state index contributed by atoms with van der Waals surface area (Å²) >= 11 is 0. The zero-order chi connectivity index (χ0) is 12.6. The molecule has 2 aliphatic rings. The lowest BCUT2D eigenvalue weighted by Gasteiger charge is -2.44. The lowest BCUT2D eigenvalue weighted by Crippen LogP contribution is -2.68. The molecule has 1 heterocycles. The summed E-state index contributed by atoms with van der Waals surface area (Å²) in [6.45, 7) is 3.58. The number of nitrogens with zero attached hydrogens (tertiary/aromatic N) is 1. The van der Waals surface area contributed by atoms with Crippen LogP contribution in [0, 0.1) is 5.92 Å². The van der Waals surface area contributed by atoms with Crippen LogP contribution < -0.4 is 5.32 Å². The Bertz CT molecular complexity index is 332.